The molecule has 3 heterocycles. The maximum atomic E-state index is 12.0. The SMILES string of the molecule is C=Cc1cn([C@H]2C[C@H](O)[C@@H](CO)O2)c2nc(N)[nH]c(=O)c12. The number of anilines is 1. The van der Waals surface area contributed by atoms with Gasteiger partial charge in [0.15, 0.2) is 5.65 Å². The Balaban J connectivity index is 2.16. The van der Waals surface area contributed by atoms with E-state index in [1.54, 1.807) is 16.8 Å². The van der Waals surface area contributed by atoms with Crippen LogP contribution in [-0.2, 0) is 4.74 Å². The predicted molar refractivity (Wildman–Crippen MR) is 76.5 cm³/mol. The zero-order valence-corrected chi connectivity index (χ0v) is 11.2. The highest BCUT2D eigenvalue weighted by Crippen LogP contribution is 2.32. The monoisotopic (exact) mass is 292 g/mol. The van der Waals surface area contributed by atoms with E-state index in [2.05, 4.69) is 16.5 Å². The van der Waals surface area contributed by atoms with Gasteiger partial charge in [0.2, 0.25) is 5.95 Å². The lowest BCUT2D eigenvalue weighted by molar-refractivity contribution is -0.0430. The Kier molecular flexibility index (Phi) is 3.28. The topological polar surface area (TPSA) is 126 Å². The Hall–Kier alpha value is -2.16. The highest BCUT2D eigenvalue weighted by Gasteiger charge is 2.35. The minimum atomic E-state index is -0.774. The van der Waals surface area contributed by atoms with E-state index in [4.69, 9.17) is 15.6 Å². The molecule has 0 unspecified atom stereocenters. The smallest absolute Gasteiger partial charge is 0.262 e. The van der Waals surface area contributed by atoms with Crippen molar-refractivity contribution in [3.63, 3.8) is 0 Å². The van der Waals surface area contributed by atoms with E-state index in [1.807, 2.05) is 0 Å². The summed E-state index contributed by atoms with van der Waals surface area (Å²) in [6.07, 6.45) is 1.56. The van der Waals surface area contributed by atoms with Crippen molar-refractivity contribution in [1.82, 2.24) is 14.5 Å². The van der Waals surface area contributed by atoms with Gasteiger partial charge in [-0.15, -0.1) is 0 Å². The fourth-order valence-corrected chi connectivity index (χ4v) is 2.63. The van der Waals surface area contributed by atoms with Crippen LogP contribution in [0.1, 0.15) is 18.2 Å². The standard InChI is InChI=1S/C13H16N4O4/c1-2-6-4-17(9-3-7(19)8(5-18)21-9)11-10(6)12(20)16-13(14)15-11/h2,4,7-9,18-19H,1,3,5H2,(H3,14,15,16,20)/t7-,8+,9+/m0/s1. The number of aliphatic hydroxyl groups is 2. The van der Waals surface area contributed by atoms with Crippen LogP contribution < -0.4 is 11.3 Å². The molecule has 0 bridgehead atoms. The van der Waals surface area contributed by atoms with Crippen molar-refractivity contribution < 1.29 is 14.9 Å². The molecule has 21 heavy (non-hydrogen) atoms. The van der Waals surface area contributed by atoms with Gasteiger partial charge in [-0.05, 0) is 0 Å². The van der Waals surface area contributed by atoms with E-state index < -0.39 is 18.4 Å². The second-order valence-corrected chi connectivity index (χ2v) is 4.96. The fourth-order valence-electron chi connectivity index (χ4n) is 2.63. The number of nitrogens with two attached hydrogens (primary N) is 1. The minimum absolute atomic E-state index is 0.000263. The number of aromatic nitrogens is 3. The molecule has 2 aromatic heterocycles. The molecule has 8 heteroatoms. The number of hydrogen-bond donors (Lipinski definition) is 4. The van der Waals surface area contributed by atoms with Crippen molar-refractivity contribution in [1.29, 1.82) is 0 Å². The Bertz CT molecular complexity index is 750. The van der Waals surface area contributed by atoms with Gasteiger partial charge in [-0.2, -0.15) is 4.98 Å². The van der Waals surface area contributed by atoms with Gasteiger partial charge < -0.3 is 25.3 Å². The molecule has 3 rings (SSSR count). The van der Waals surface area contributed by atoms with Crippen LogP contribution in [0.25, 0.3) is 17.1 Å². The van der Waals surface area contributed by atoms with Crippen molar-refractivity contribution >= 4 is 23.1 Å². The molecule has 1 aliphatic rings. The predicted octanol–water partition coefficient (Wildman–Crippen LogP) is -0.410. The zero-order valence-electron chi connectivity index (χ0n) is 11.2. The van der Waals surface area contributed by atoms with Crippen LogP contribution in [0.3, 0.4) is 0 Å². The summed E-state index contributed by atoms with van der Waals surface area (Å²) < 4.78 is 7.23. The van der Waals surface area contributed by atoms with E-state index >= 15 is 0 Å². The van der Waals surface area contributed by atoms with Crippen LogP contribution in [-0.4, -0.2) is 43.6 Å². The summed E-state index contributed by atoms with van der Waals surface area (Å²) in [7, 11) is 0. The van der Waals surface area contributed by atoms with Gasteiger partial charge in [0.05, 0.1) is 18.1 Å². The third-order valence-electron chi connectivity index (χ3n) is 3.64. The van der Waals surface area contributed by atoms with E-state index in [9.17, 15) is 9.90 Å². The molecule has 1 fully saturated rings. The molecule has 2 aromatic rings. The zero-order chi connectivity index (χ0) is 15.1. The third-order valence-corrected chi connectivity index (χ3v) is 3.64. The lowest BCUT2D eigenvalue weighted by Gasteiger charge is -2.14. The Morgan fingerprint density at radius 1 is 1.67 bits per heavy atom. The second-order valence-electron chi connectivity index (χ2n) is 4.96. The van der Waals surface area contributed by atoms with Crippen LogP contribution in [0.4, 0.5) is 5.95 Å². The number of nitrogens with one attached hydrogen (secondary N) is 1. The van der Waals surface area contributed by atoms with Crippen molar-refractivity contribution in [2.45, 2.75) is 24.9 Å². The van der Waals surface area contributed by atoms with Crippen molar-refractivity contribution in [3.05, 3.63) is 28.7 Å². The summed E-state index contributed by atoms with van der Waals surface area (Å²) in [6, 6.07) is 0. The molecule has 1 aliphatic heterocycles. The van der Waals surface area contributed by atoms with Crippen molar-refractivity contribution in [2.75, 3.05) is 12.3 Å². The number of rotatable bonds is 3. The average Bonchev–Trinajstić information content (AvgIpc) is 2.98. The molecule has 0 spiro atoms. The average molecular weight is 292 g/mol. The number of hydrogen-bond acceptors (Lipinski definition) is 6. The van der Waals surface area contributed by atoms with E-state index in [0.29, 0.717) is 23.0 Å². The number of nitrogen functional groups attached to an aromatic ring is 1. The van der Waals surface area contributed by atoms with Gasteiger partial charge in [0.1, 0.15) is 12.3 Å². The Labute approximate surface area is 119 Å². The molecule has 8 nitrogen and oxygen atoms in total. The molecule has 3 atom stereocenters. The van der Waals surface area contributed by atoms with Gasteiger partial charge in [0.25, 0.3) is 5.56 Å². The molecule has 0 aromatic carbocycles. The number of nitrogens with zero attached hydrogens (tertiary/aromatic N) is 2. The van der Waals surface area contributed by atoms with Crippen molar-refractivity contribution in [2.24, 2.45) is 0 Å². The van der Waals surface area contributed by atoms with Gasteiger partial charge in [-0.1, -0.05) is 12.7 Å². The Morgan fingerprint density at radius 2 is 2.43 bits per heavy atom. The van der Waals surface area contributed by atoms with Gasteiger partial charge >= 0.3 is 0 Å². The van der Waals surface area contributed by atoms with Crippen LogP contribution in [0.5, 0.6) is 0 Å². The van der Waals surface area contributed by atoms with E-state index in [0.717, 1.165) is 0 Å². The quantitative estimate of drug-likeness (QED) is 0.609. The molecule has 1 saturated heterocycles. The molecular formula is C13H16N4O4. The maximum absolute atomic E-state index is 12.0. The first-order valence-electron chi connectivity index (χ1n) is 6.52. The lowest BCUT2D eigenvalue weighted by atomic mass is 10.2. The van der Waals surface area contributed by atoms with Crippen molar-refractivity contribution in [3.8, 4) is 0 Å². The van der Waals surface area contributed by atoms with E-state index in [1.165, 1.54) is 0 Å². The van der Waals surface area contributed by atoms with Crippen LogP contribution in [0.2, 0.25) is 0 Å². The van der Waals surface area contributed by atoms with E-state index in [-0.39, 0.29) is 18.1 Å². The summed E-state index contributed by atoms with van der Waals surface area (Å²) >= 11 is 0. The summed E-state index contributed by atoms with van der Waals surface area (Å²) in [6.45, 7) is 3.40. The van der Waals surface area contributed by atoms with Crippen LogP contribution in [0.15, 0.2) is 17.6 Å². The molecular weight excluding hydrogens is 276 g/mol. The number of aliphatic hydroxyl groups excluding tert-OH is 2. The molecule has 112 valence electrons. The minimum Gasteiger partial charge on any atom is -0.394 e. The first-order valence-corrected chi connectivity index (χ1v) is 6.52. The normalized spacial score (nSPS) is 25.5. The fraction of sp³-hybridized carbons (Fsp3) is 0.385. The molecule has 0 amide bonds. The molecule has 5 N–H and O–H groups in total. The maximum Gasteiger partial charge on any atom is 0.262 e. The second kappa shape index (κ2) is 4.99. The number of fused-ring (bicyclic) bond motifs is 1. The van der Waals surface area contributed by atoms with Crippen LogP contribution >= 0.6 is 0 Å². The summed E-state index contributed by atoms with van der Waals surface area (Å²) in [5, 5.41) is 19.4. The first-order chi connectivity index (χ1) is 10.0. The van der Waals surface area contributed by atoms with Gasteiger partial charge in [-0.3, -0.25) is 9.78 Å². The molecule has 0 saturated carbocycles. The highest BCUT2D eigenvalue weighted by molar-refractivity contribution is 5.86. The summed E-state index contributed by atoms with van der Waals surface area (Å²) in [5.41, 5.74) is 6.19. The molecule has 0 radical (unpaired) electrons. The van der Waals surface area contributed by atoms with Gasteiger partial charge in [0, 0.05) is 18.2 Å². The third kappa shape index (κ3) is 2.13. The first kappa shape index (κ1) is 13.8. The summed E-state index contributed by atoms with van der Waals surface area (Å²) in [5.74, 6) is -0.000263. The van der Waals surface area contributed by atoms with Gasteiger partial charge in [-0.25, -0.2) is 0 Å². The lowest BCUT2D eigenvalue weighted by Crippen LogP contribution is -2.24. The number of aromatic amines is 1. The number of H-pyrrole nitrogens is 1. The Morgan fingerprint density at radius 3 is 3.05 bits per heavy atom. The largest absolute Gasteiger partial charge is 0.394 e. The highest BCUT2D eigenvalue weighted by atomic mass is 16.5. The molecule has 0 aliphatic carbocycles. The summed E-state index contributed by atoms with van der Waals surface area (Å²) in [4.78, 5) is 18.6. The van der Waals surface area contributed by atoms with Crippen LogP contribution in [0, 0.1) is 0 Å². The number of ether oxygens (including phenoxy) is 1.